The lowest BCUT2D eigenvalue weighted by Gasteiger charge is -2.16. The molecule has 1 heterocycles. The Bertz CT molecular complexity index is 620. The van der Waals surface area contributed by atoms with Crippen LogP contribution in [0.25, 0.3) is 0 Å². The van der Waals surface area contributed by atoms with E-state index in [9.17, 15) is 4.79 Å². The molecule has 1 aromatic heterocycles. The standard InChI is InChI=1S/C15H16Cl2N2O2/c1-10-3-4-14(21-10)9-19(2)15(20)8-18-13-6-11(16)5-12(17)7-13/h3-7,18H,8-9H2,1-2H3. The van der Waals surface area contributed by atoms with Crippen molar-refractivity contribution in [3.8, 4) is 0 Å². The maximum atomic E-state index is 12.1. The molecule has 0 atom stereocenters. The van der Waals surface area contributed by atoms with E-state index in [-0.39, 0.29) is 12.5 Å². The Kier molecular flexibility index (Phi) is 5.15. The molecule has 0 bridgehead atoms. The Morgan fingerprint density at radius 3 is 2.48 bits per heavy atom. The fourth-order valence-electron chi connectivity index (χ4n) is 1.86. The van der Waals surface area contributed by atoms with E-state index in [1.54, 1.807) is 30.1 Å². The van der Waals surface area contributed by atoms with Crippen LogP contribution >= 0.6 is 23.2 Å². The highest BCUT2D eigenvalue weighted by Gasteiger charge is 2.11. The minimum atomic E-state index is -0.0554. The number of carbonyl (C=O) groups excluding carboxylic acids is 1. The summed E-state index contributed by atoms with van der Waals surface area (Å²) in [6, 6.07) is 8.82. The molecule has 0 spiro atoms. The minimum Gasteiger partial charge on any atom is -0.464 e. The van der Waals surface area contributed by atoms with Crippen molar-refractivity contribution in [3.05, 3.63) is 51.9 Å². The number of rotatable bonds is 5. The first-order chi connectivity index (χ1) is 9.94. The van der Waals surface area contributed by atoms with Crippen molar-refractivity contribution in [3.63, 3.8) is 0 Å². The van der Waals surface area contributed by atoms with Crippen LogP contribution in [0.2, 0.25) is 10.0 Å². The number of nitrogens with zero attached hydrogens (tertiary/aromatic N) is 1. The largest absolute Gasteiger partial charge is 0.464 e. The van der Waals surface area contributed by atoms with E-state index in [0.29, 0.717) is 22.3 Å². The number of amides is 1. The first-order valence-corrected chi connectivity index (χ1v) is 7.19. The molecule has 0 radical (unpaired) electrons. The van der Waals surface area contributed by atoms with Gasteiger partial charge in [0.25, 0.3) is 0 Å². The van der Waals surface area contributed by atoms with E-state index in [1.165, 1.54) is 0 Å². The molecule has 2 rings (SSSR count). The lowest BCUT2D eigenvalue weighted by atomic mass is 10.3. The summed E-state index contributed by atoms with van der Waals surface area (Å²) in [7, 11) is 1.73. The van der Waals surface area contributed by atoms with Crippen molar-refractivity contribution >= 4 is 34.8 Å². The van der Waals surface area contributed by atoms with Gasteiger partial charge in [-0.15, -0.1) is 0 Å². The maximum Gasteiger partial charge on any atom is 0.242 e. The number of aryl methyl sites for hydroxylation is 1. The zero-order valence-electron chi connectivity index (χ0n) is 11.8. The van der Waals surface area contributed by atoms with Crippen LogP contribution in [0.1, 0.15) is 11.5 Å². The molecule has 6 heteroatoms. The topological polar surface area (TPSA) is 45.5 Å². The molecule has 0 saturated carbocycles. The molecular weight excluding hydrogens is 311 g/mol. The van der Waals surface area contributed by atoms with Crippen LogP contribution in [0, 0.1) is 6.92 Å². The zero-order valence-corrected chi connectivity index (χ0v) is 13.3. The van der Waals surface area contributed by atoms with Crippen LogP contribution in [-0.4, -0.2) is 24.4 Å². The lowest BCUT2D eigenvalue weighted by molar-refractivity contribution is -0.128. The van der Waals surface area contributed by atoms with E-state index in [4.69, 9.17) is 27.6 Å². The van der Waals surface area contributed by atoms with Gasteiger partial charge in [-0.3, -0.25) is 4.79 Å². The highest BCUT2D eigenvalue weighted by molar-refractivity contribution is 6.35. The SMILES string of the molecule is Cc1ccc(CN(C)C(=O)CNc2cc(Cl)cc(Cl)c2)o1. The molecule has 1 N–H and O–H groups in total. The number of likely N-dealkylation sites (N-methyl/N-ethyl adjacent to an activating group) is 1. The van der Waals surface area contributed by atoms with Gasteiger partial charge in [0.1, 0.15) is 11.5 Å². The predicted octanol–water partition coefficient (Wildman–Crippen LogP) is 3.97. The summed E-state index contributed by atoms with van der Waals surface area (Å²) in [6.07, 6.45) is 0. The van der Waals surface area contributed by atoms with Gasteiger partial charge in [-0.2, -0.15) is 0 Å². The van der Waals surface area contributed by atoms with Crippen LogP contribution < -0.4 is 5.32 Å². The van der Waals surface area contributed by atoms with Crippen LogP contribution in [0.15, 0.2) is 34.7 Å². The molecule has 0 aliphatic heterocycles. The van der Waals surface area contributed by atoms with Crippen molar-refractivity contribution in [2.24, 2.45) is 0 Å². The molecular formula is C15H16Cl2N2O2. The van der Waals surface area contributed by atoms with E-state index >= 15 is 0 Å². The number of benzene rings is 1. The molecule has 0 unspecified atom stereocenters. The maximum absolute atomic E-state index is 12.1. The van der Waals surface area contributed by atoms with Gasteiger partial charge in [0.2, 0.25) is 5.91 Å². The molecule has 1 aromatic carbocycles. The predicted molar refractivity (Wildman–Crippen MR) is 84.9 cm³/mol. The molecule has 112 valence electrons. The van der Waals surface area contributed by atoms with Crippen molar-refractivity contribution in [2.75, 3.05) is 18.9 Å². The molecule has 4 nitrogen and oxygen atoms in total. The fraction of sp³-hybridized carbons (Fsp3) is 0.267. The molecule has 0 aliphatic carbocycles. The van der Waals surface area contributed by atoms with E-state index in [0.717, 1.165) is 11.5 Å². The number of hydrogen-bond donors (Lipinski definition) is 1. The van der Waals surface area contributed by atoms with Gasteiger partial charge >= 0.3 is 0 Å². The fourth-order valence-corrected chi connectivity index (χ4v) is 2.39. The first-order valence-electron chi connectivity index (χ1n) is 6.43. The van der Waals surface area contributed by atoms with E-state index < -0.39 is 0 Å². The van der Waals surface area contributed by atoms with Gasteiger partial charge in [-0.25, -0.2) is 0 Å². The molecule has 2 aromatic rings. The second-order valence-corrected chi connectivity index (χ2v) is 5.65. The first kappa shape index (κ1) is 15.7. The third-order valence-corrected chi connectivity index (χ3v) is 3.36. The number of anilines is 1. The quantitative estimate of drug-likeness (QED) is 0.904. The van der Waals surface area contributed by atoms with Gasteiger partial charge in [-0.1, -0.05) is 23.2 Å². The summed E-state index contributed by atoms with van der Waals surface area (Å²) in [6.45, 7) is 2.47. The number of furan rings is 1. The summed E-state index contributed by atoms with van der Waals surface area (Å²) < 4.78 is 5.45. The molecule has 0 saturated heterocycles. The van der Waals surface area contributed by atoms with E-state index in [2.05, 4.69) is 5.32 Å². The highest BCUT2D eigenvalue weighted by Crippen LogP contribution is 2.22. The minimum absolute atomic E-state index is 0.0554. The molecule has 1 amide bonds. The Hall–Kier alpha value is -1.65. The number of nitrogens with one attached hydrogen (secondary N) is 1. The third-order valence-electron chi connectivity index (χ3n) is 2.92. The molecule has 0 aliphatic rings. The Balaban J connectivity index is 1.88. The van der Waals surface area contributed by atoms with Crippen LogP contribution in [0.3, 0.4) is 0 Å². The Morgan fingerprint density at radius 1 is 1.24 bits per heavy atom. The van der Waals surface area contributed by atoms with Crippen LogP contribution in [-0.2, 0) is 11.3 Å². The van der Waals surface area contributed by atoms with Crippen LogP contribution in [0.4, 0.5) is 5.69 Å². The lowest BCUT2D eigenvalue weighted by Crippen LogP contribution is -2.31. The Labute approximate surface area is 133 Å². The smallest absolute Gasteiger partial charge is 0.242 e. The average molecular weight is 327 g/mol. The summed E-state index contributed by atoms with van der Waals surface area (Å²) in [5.41, 5.74) is 0.711. The summed E-state index contributed by atoms with van der Waals surface area (Å²) in [4.78, 5) is 13.6. The van der Waals surface area contributed by atoms with Gasteiger partial charge in [0.15, 0.2) is 0 Å². The van der Waals surface area contributed by atoms with Gasteiger partial charge < -0.3 is 14.6 Å². The summed E-state index contributed by atoms with van der Waals surface area (Å²) in [5, 5.41) is 4.06. The van der Waals surface area contributed by atoms with Gasteiger partial charge in [0.05, 0.1) is 13.1 Å². The van der Waals surface area contributed by atoms with Crippen molar-refractivity contribution in [1.29, 1.82) is 0 Å². The van der Waals surface area contributed by atoms with Crippen molar-refractivity contribution < 1.29 is 9.21 Å². The monoisotopic (exact) mass is 326 g/mol. The van der Waals surface area contributed by atoms with Crippen molar-refractivity contribution in [2.45, 2.75) is 13.5 Å². The zero-order chi connectivity index (χ0) is 15.4. The molecule has 0 fully saturated rings. The molecule has 21 heavy (non-hydrogen) atoms. The second-order valence-electron chi connectivity index (χ2n) is 4.77. The van der Waals surface area contributed by atoms with Gasteiger partial charge in [-0.05, 0) is 37.3 Å². The van der Waals surface area contributed by atoms with Crippen LogP contribution in [0.5, 0.6) is 0 Å². The third kappa shape index (κ3) is 4.69. The number of hydrogen-bond acceptors (Lipinski definition) is 3. The number of carbonyl (C=O) groups is 1. The number of halogens is 2. The summed E-state index contributed by atoms with van der Waals surface area (Å²) in [5.74, 6) is 1.53. The average Bonchev–Trinajstić information content (AvgIpc) is 2.80. The Morgan fingerprint density at radius 2 is 1.90 bits per heavy atom. The summed E-state index contributed by atoms with van der Waals surface area (Å²) >= 11 is 11.8. The normalized spacial score (nSPS) is 10.5. The van der Waals surface area contributed by atoms with Gasteiger partial charge in [0, 0.05) is 22.8 Å². The second kappa shape index (κ2) is 6.87. The van der Waals surface area contributed by atoms with Crippen molar-refractivity contribution in [1.82, 2.24) is 4.90 Å². The highest BCUT2D eigenvalue weighted by atomic mass is 35.5. The van der Waals surface area contributed by atoms with E-state index in [1.807, 2.05) is 19.1 Å².